The van der Waals surface area contributed by atoms with Crippen LogP contribution in [0.2, 0.25) is 0 Å². The van der Waals surface area contributed by atoms with Crippen molar-refractivity contribution in [2.45, 2.75) is 43.8 Å². The van der Waals surface area contributed by atoms with E-state index in [2.05, 4.69) is 0 Å². The zero-order valence-corrected chi connectivity index (χ0v) is 9.70. The van der Waals surface area contributed by atoms with Gasteiger partial charge in [0.15, 0.2) is 0 Å². The summed E-state index contributed by atoms with van der Waals surface area (Å²) < 4.78 is 30.8. The van der Waals surface area contributed by atoms with Crippen LogP contribution in [0.3, 0.4) is 0 Å². The fourth-order valence-electron chi connectivity index (χ4n) is 1.79. The lowest BCUT2D eigenvalue weighted by molar-refractivity contribution is -0.0905. The monoisotopic (exact) mass is 194 g/mol. The van der Waals surface area contributed by atoms with Crippen LogP contribution in [0, 0.1) is 0 Å². The highest BCUT2D eigenvalue weighted by molar-refractivity contribution is 6.14. The van der Waals surface area contributed by atoms with Gasteiger partial charge in [0.05, 0.1) is 5.22 Å². The summed E-state index contributed by atoms with van der Waals surface area (Å²) in [4.78, 5) is 0. The standard InChI is InChI=1S/C8H16F2OSi/c1-7(9,10)6-8(12)4-2-3-5-11-8/h2-6H2,1,12H3. The molecule has 0 aliphatic carbocycles. The SMILES string of the molecule is CC(F)(F)CC1([SiH3])CCCCO1. The van der Waals surface area contributed by atoms with Gasteiger partial charge in [0.1, 0.15) is 0 Å². The van der Waals surface area contributed by atoms with Crippen LogP contribution in [0.1, 0.15) is 32.6 Å². The van der Waals surface area contributed by atoms with E-state index < -0.39 is 11.1 Å². The Morgan fingerprint density at radius 1 is 1.50 bits per heavy atom. The average Bonchev–Trinajstić information content (AvgIpc) is 1.83. The lowest BCUT2D eigenvalue weighted by Crippen LogP contribution is -2.41. The molecular formula is C8H16F2OSi. The van der Waals surface area contributed by atoms with Crippen molar-refractivity contribution in [3.05, 3.63) is 0 Å². The number of ether oxygens (including phenoxy) is 1. The van der Waals surface area contributed by atoms with Gasteiger partial charge < -0.3 is 4.74 Å². The molecule has 0 aromatic heterocycles. The van der Waals surface area contributed by atoms with Crippen molar-refractivity contribution in [3.8, 4) is 0 Å². The minimum Gasteiger partial charge on any atom is -0.379 e. The molecule has 1 fully saturated rings. The van der Waals surface area contributed by atoms with E-state index in [1.54, 1.807) is 0 Å². The molecule has 0 N–H and O–H groups in total. The van der Waals surface area contributed by atoms with Crippen molar-refractivity contribution >= 4 is 10.2 Å². The van der Waals surface area contributed by atoms with E-state index in [1.165, 1.54) is 0 Å². The molecule has 0 bridgehead atoms. The van der Waals surface area contributed by atoms with Gasteiger partial charge >= 0.3 is 0 Å². The third kappa shape index (κ3) is 3.19. The predicted molar refractivity (Wildman–Crippen MR) is 47.7 cm³/mol. The first-order valence-electron chi connectivity index (χ1n) is 4.43. The number of halogens is 2. The molecule has 1 nitrogen and oxygen atoms in total. The summed E-state index contributed by atoms with van der Waals surface area (Å²) in [7, 11) is 0.709. The van der Waals surface area contributed by atoms with Crippen molar-refractivity contribution in [3.63, 3.8) is 0 Å². The van der Waals surface area contributed by atoms with E-state index in [4.69, 9.17) is 4.74 Å². The molecular weight excluding hydrogens is 178 g/mol. The fraction of sp³-hybridized carbons (Fsp3) is 1.00. The highest BCUT2D eigenvalue weighted by Crippen LogP contribution is 2.32. The van der Waals surface area contributed by atoms with Crippen molar-refractivity contribution in [1.82, 2.24) is 0 Å². The van der Waals surface area contributed by atoms with Gasteiger partial charge in [0, 0.05) is 23.3 Å². The Morgan fingerprint density at radius 2 is 2.17 bits per heavy atom. The molecule has 0 aromatic carbocycles. The maximum Gasteiger partial charge on any atom is 0.247 e. The molecule has 0 spiro atoms. The van der Waals surface area contributed by atoms with Crippen LogP contribution in [0.5, 0.6) is 0 Å². The maximum absolute atomic E-state index is 12.7. The topological polar surface area (TPSA) is 9.23 Å². The Morgan fingerprint density at radius 3 is 2.58 bits per heavy atom. The molecule has 1 unspecified atom stereocenters. The molecule has 1 atom stereocenters. The first-order chi connectivity index (χ1) is 5.41. The first-order valence-corrected chi connectivity index (χ1v) is 5.43. The first kappa shape index (κ1) is 10.1. The Labute approximate surface area is 74.9 Å². The molecule has 12 heavy (non-hydrogen) atoms. The highest BCUT2D eigenvalue weighted by atomic mass is 28.1. The Balaban J connectivity index is 2.47. The molecule has 1 rings (SSSR count). The van der Waals surface area contributed by atoms with E-state index in [-0.39, 0.29) is 6.42 Å². The van der Waals surface area contributed by atoms with Crippen LogP contribution in [0.25, 0.3) is 0 Å². The van der Waals surface area contributed by atoms with E-state index in [0.29, 0.717) is 16.8 Å². The van der Waals surface area contributed by atoms with Gasteiger partial charge in [-0.15, -0.1) is 0 Å². The summed E-state index contributed by atoms with van der Waals surface area (Å²) in [5.41, 5.74) is 0. The van der Waals surface area contributed by atoms with Crippen LogP contribution < -0.4 is 0 Å². The van der Waals surface area contributed by atoms with Gasteiger partial charge in [-0.05, 0) is 26.2 Å². The smallest absolute Gasteiger partial charge is 0.247 e. The van der Waals surface area contributed by atoms with Crippen molar-refractivity contribution in [2.75, 3.05) is 6.61 Å². The van der Waals surface area contributed by atoms with Crippen molar-refractivity contribution in [2.24, 2.45) is 0 Å². The zero-order chi connectivity index (χ0) is 9.24. The summed E-state index contributed by atoms with van der Waals surface area (Å²) in [6, 6.07) is 0. The number of hydrogen-bond donors (Lipinski definition) is 0. The number of rotatable bonds is 2. The Kier molecular flexibility index (Phi) is 2.88. The van der Waals surface area contributed by atoms with Gasteiger partial charge in [0.2, 0.25) is 5.92 Å². The lowest BCUT2D eigenvalue weighted by atomic mass is 10.0. The van der Waals surface area contributed by atoms with Gasteiger partial charge in [-0.1, -0.05) is 0 Å². The normalized spacial score (nSPS) is 32.2. The molecule has 0 radical (unpaired) electrons. The third-order valence-corrected chi connectivity index (χ3v) is 3.38. The van der Waals surface area contributed by atoms with Crippen LogP contribution in [0.15, 0.2) is 0 Å². The Hall–Kier alpha value is 0.0369. The summed E-state index contributed by atoms with van der Waals surface area (Å²) in [5, 5.41) is -0.448. The second-order valence-corrected chi connectivity index (χ2v) is 5.82. The predicted octanol–water partition coefficient (Wildman–Crippen LogP) is 1.29. The van der Waals surface area contributed by atoms with Crippen LogP contribution in [-0.2, 0) is 4.74 Å². The van der Waals surface area contributed by atoms with Crippen molar-refractivity contribution in [1.29, 1.82) is 0 Å². The van der Waals surface area contributed by atoms with Gasteiger partial charge in [0.25, 0.3) is 0 Å². The van der Waals surface area contributed by atoms with E-state index in [1.807, 2.05) is 0 Å². The van der Waals surface area contributed by atoms with Crippen molar-refractivity contribution < 1.29 is 13.5 Å². The molecule has 1 saturated heterocycles. The maximum atomic E-state index is 12.7. The molecule has 1 aliphatic rings. The fourth-order valence-corrected chi connectivity index (χ4v) is 2.97. The molecule has 0 amide bonds. The van der Waals surface area contributed by atoms with Gasteiger partial charge in [-0.3, -0.25) is 0 Å². The lowest BCUT2D eigenvalue weighted by Gasteiger charge is -2.35. The highest BCUT2D eigenvalue weighted by Gasteiger charge is 2.37. The minimum atomic E-state index is -2.57. The summed E-state index contributed by atoms with van der Waals surface area (Å²) >= 11 is 0. The molecule has 0 aromatic rings. The zero-order valence-electron chi connectivity index (χ0n) is 7.70. The molecule has 0 saturated carbocycles. The van der Waals surface area contributed by atoms with Gasteiger partial charge in [-0.25, -0.2) is 8.78 Å². The average molecular weight is 194 g/mol. The second-order valence-electron chi connectivity index (χ2n) is 4.00. The molecule has 1 heterocycles. The summed E-state index contributed by atoms with van der Waals surface area (Å²) in [6.45, 7) is 1.64. The number of alkyl halides is 2. The molecule has 72 valence electrons. The van der Waals surface area contributed by atoms with E-state index in [9.17, 15) is 8.78 Å². The van der Waals surface area contributed by atoms with Crippen LogP contribution in [0.4, 0.5) is 8.78 Å². The largest absolute Gasteiger partial charge is 0.379 e. The second kappa shape index (κ2) is 3.42. The summed E-state index contributed by atoms with van der Waals surface area (Å²) in [6.07, 6.45) is 2.80. The van der Waals surface area contributed by atoms with Gasteiger partial charge in [-0.2, -0.15) is 0 Å². The molecule has 4 heteroatoms. The molecule has 1 aliphatic heterocycles. The Bertz CT molecular complexity index is 150. The van der Waals surface area contributed by atoms with Crippen LogP contribution >= 0.6 is 0 Å². The van der Waals surface area contributed by atoms with E-state index >= 15 is 0 Å². The third-order valence-electron chi connectivity index (χ3n) is 2.23. The quantitative estimate of drug-likeness (QED) is 0.602. The minimum absolute atomic E-state index is 0.0910. The summed E-state index contributed by atoms with van der Waals surface area (Å²) in [5.74, 6) is -2.57. The number of hydrogen-bond acceptors (Lipinski definition) is 1. The van der Waals surface area contributed by atoms with E-state index in [0.717, 1.165) is 26.2 Å². The van der Waals surface area contributed by atoms with Crippen LogP contribution in [-0.4, -0.2) is 28.0 Å².